The third-order valence-corrected chi connectivity index (χ3v) is 8.25. The van der Waals surface area contributed by atoms with E-state index in [0.717, 1.165) is 53.5 Å². The van der Waals surface area contributed by atoms with E-state index in [2.05, 4.69) is 4.90 Å². The van der Waals surface area contributed by atoms with E-state index in [1.165, 1.54) is 4.90 Å². The molecule has 3 heterocycles. The van der Waals surface area contributed by atoms with E-state index in [0.29, 0.717) is 50.1 Å². The van der Waals surface area contributed by atoms with Crippen LogP contribution >= 0.6 is 0 Å². The summed E-state index contributed by atoms with van der Waals surface area (Å²) in [4.78, 5) is 29.5. The molecule has 218 valence electrons. The van der Waals surface area contributed by atoms with E-state index in [9.17, 15) is 14.7 Å². The van der Waals surface area contributed by atoms with Crippen molar-refractivity contribution >= 4 is 17.0 Å². The number of likely N-dealkylation sites (tertiary alicyclic amines) is 1. The number of carbonyl (C=O) groups is 1. The Hall–Kier alpha value is -4.50. The molecule has 4 aromatic rings. The number of carboxylic acid groups (broad SMARTS) is 1. The van der Waals surface area contributed by atoms with Gasteiger partial charge in [-0.2, -0.15) is 0 Å². The van der Waals surface area contributed by atoms with Gasteiger partial charge in [0, 0.05) is 56.3 Å². The molecule has 1 fully saturated rings. The highest BCUT2D eigenvalue weighted by Gasteiger charge is 2.28. The Kier molecular flexibility index (Phi) is 8.01. The molecule has 6 rings (SSSR count). The molecular formula is C33H35N3O6. The first kappa shape index (κ1) is 27.7. The van der Waals surface area contributed by atoms with Crippen LogP contribution in [0.3, 0.4) is 0 Å². The molecule has 9 heteroatoms. The van der Waals surface area contributed by atoms with Gasteiger partial charge in [-0.25, -0.2) is 4.79 Å². The minimum atomic E-state index is -0.922. The Labute approximate surface area is 244 Å². The lowest BCUT2D eigenvalue weighted by Crippen LogP contribution is -2.47. The quantitative estimate of drug-likeness (QED) is 0.316. The molecule has 0 unspecified atom stereocenters. The summed E-state index contributed by atoms with van der Waals surface area (Å²) in [5.74, 6) is 2.06. The average Bonchev–Trinajstić information content (AvgIpc) is 3.03. The van der Waals surface area contributed by atoms with Crippen molar-refractivity contribution in [1.82, 2.24) is 14.4 Å². The number of amides is 1. The van der Waals surface area contributed by atoms with Gasteiger partial charge in [0.2, 0.25) is 0 Å². The maximum absolute atomic E-state index is 13.4. The second kappa shape index (κ2) is 12.2. The molecule has 0 aliphatic carbocycles. The molecule has 0 radical (unpaired) electrons. The van der Waals surface area contributed by atoms with Crippen molar-refractivity contribution in [2.75, 3.05) is 40.0 Å². The van der Waals surface area contributed by atoms with E-state index < -0.39 is 6.09 Å². The topological polar surface area (TPSA) is 93.5 Å². The largest absolute Gasteiger partial charge is 0.497 e. The molecule has 3 aromatic carbocycles. The number of hydrogen-bond acceptors (Lipinski definition) is 6. The predicted molar refractivity (Wildman–Crippen MR) is 161 cm³/mol. The van der Waals surface area contributed by atoms with Crippen molar-refractivity contribution in [1.29, 1.82) is 0 Å². The molecule has 0 spiro atoms. The number of rotatable bonds is 8. The number of nitrogens with zero attached hydrogens (tertiary/aromatic N) is 3. The van der Waals surface area contributed by atoms with E-state index in [1.54, 1.807) is 13.2 Å². The third kappa shape index (κ3) is 5.78. The first-order valence-electron chi connectivity index (χ1n) is 14.4. The fraction of sp³-hybridized carbons (Fsp3) is 0.333. The number of hydrogen-bond donors (Lipinski definition) is 1. The van der Waals surface area contributed by atoms with E-state index in [1.807, 2.05) is 71.3 Å². The highest BCUT2D eigenvalue weighted by atomic mass is 16.6. The maximum Gasteiger partial charge on any atom is 0.407 e. The molecular weight excluding hydrogens is 534 g/mol. The average molecular weight is 570 g/mol. The summed E-state index contributed by atoms with van der Waals surface area (Å²) in [6, 6.07) is 23.1. The normalized spacial score (nSPS) is 15.5. The van der Waals surface area contributed by atoms with Crippen LogP contribution in [0.1, 0.15) is 18.4 Å². The van der Waals surface area contributed by atoms with Crippen molar-refractivity contribution in [3.63, 3.8) is 0 Å². The van der Waals surface area contributed by atoms with Gasteiger partial charge in [-0.15, -0.1) is 0 Å². The monoisotopic (exact) mass is 569 g/mol. The zero-order valence-electron chi connectivity index (χ0n) is 23.7. The molecule has 0 atom stereocenters. The van der Waals surface area contributed by atoms with Gasteiger partial charge >= 0.3 is 6.09 Å². The molecule has 1 amide bonds. The molecule has 0 saturated carbocycles. The van der Waals surface area contributed by atoms with Gasteiger partial charge in [-0.05, 0) is 53.8 Å². The molecule has 2 aliphatic heterocycles. The summed E-state index contributed by atoms with van der Waals surface area (Å²) in [5, 5.41) is 11.0. The lowest BCUT2D eigenvalue weighted by Gasteiger charge is -2.37. The van der Waals surface area contributed by atoms with Crippen LogP contribution < -0.4 is 19.8 Å². The summed E-state index contributed by atoms with van der Waals surface area (Å²) < 4.78 is 18.6. The molecule has 1 N–H and O–H groups in total. The van der Waals surface area contributed by atoms with Crippen molar-refractivity contribution in [3.05, 3.63) is 88.7 Å². The number of aromatic nitrogens is 1. The van der Waals surface area contributed by atoms with Crippen molar-refractivity contribution < 1.29 is 24.1 Å². The van der Waals surface area contributed by atoms with Crippen LogP contribution in [0.2, 0.25) is 0 Å². The smallest absolute Gasteiger partial charge is 0.407 e. The van der Waals surface area contributed by atoms with E-state index in [4.69, 9.17) is 14.2 Å². The van der Waals surface area contributed by atoms with Crippen LogP contribution in [0.25, 0.3) is 22.0 Å². The van der Waals surface area contributed by atoms with Crippen molar-refractivity contribution in [3.8, 4) is 28.4 Å². The van der Waals surface area contributed by atoms with Crippen LogP contribution in [-0.4, -0.2) is 71.6 Å². The summed E-state index contributed by atoms with van der Waals surface area (Å²) >= 11 is 0. The lowest BCUT2D eigenvalue weighted by atomic mass is 10.0. The van der Waals surface area contributed by atoms with Gasteiger partial charge in [-0.3, -0.25) is 4.79 Å². The van der Waals surface area contributed by atoms with Gasteiger partial charge in [0.25, 0.3) is 5.56 Å². The minimum absolute atomic E-state index is 0.0547. The predicted octanol–water partition coefficient (Wildman–Crippen LogP) is 5.09. The summed E-state index contributed by atoms with van der Waals surface area (Å²) in [6.45, 7) is 4.05. The maximum atomic E-state index is 13.4. The molecule has 1 aromatic heterocycles. The molecule has 1 saturated heterocycles. The highest BCUT2D eigenvalue weighted by Crippen LogP contribution is 2.32. The fourth-order valence-electron chi connectivity index (χ4n) is 6.01. The third-order valence-electron chi connectivity index (χ3n) is 8.25. The second-order valence-electron chi connectivity index (χ2n) is 10.8. The van der Waals surface area contributed by atoms with Crippen molar-refractivity contribution in [2.45, 2.75) is 32.0 Å². The zero-order valence-corrected chi connectivity index (χ0v) is 23.7. The number of benzene rings is 3. The Morgan fingerprint density at radius 1 is 0.952 bits per heavy atom. The van der Waals surface area contributed by atoms with Gasteiger partial charge in [0.1, 0.15) is 19.0 Å². The van der Waals surface area contributed by atoms with E-state index in [-0.39, 0.29) is 11.6 Å². The Balaban J connectivity index is 1.14. The number of fused-ring (bicyclic) bond motifs is 2. The van der Waals surface area contributed by atoms with Gasteiger partial charge in [0.05, 0.1) is 12.6 Å². The molecule has 42 heavy (non-hydrogen) atoms. The van der Waals surface area contributed by atoms with Crippen LogP contribution in [-0.2, 0) is 13.1 Å². The molecule has 9 nitrogen and oxygen atoms in total. The van der Waals surface area contributed by atoms with Crippen LogP contribution in [0, 0.1) is 0 Å². The molecule has 2 aliphatic rings. The van der Waals surface area contributed by atoms with Crippen LogP contribution in [0.15, 0.2) is 77.6 Å². The number of methoxy groups -OCH3 is 1. The van der Waals surface area contributed by atoms with Crippen LogP contribution in [0.4, 0.5) is 4.79 Å². The Bertz CT molecular complexity index is 1630. The Morgan fingerprint density at radius 2 is 1.71 bits per heavy atom. The number of ether oxygens (including phenoxy) is 3. The van der Waals surface area contributed by atoms with Gasteiger partial charge < -0.3 is 33.7 Å². The molecule has 0 bridgehead atoms. The summed E-state index contributed by atoms with van der Waals surface area (Å²) in [5.41, 5.74) is 3.57. The Morgan fingerprint density at radius 3 is 2.45 bits per heavy atom. The second-order valence-corrected chi connectivity index (χ2v) is 10.8. The summed E-state index contributed by atoms with van der Waals surface area (Å²) in [7, 11) is 1.63. The SMILES string of the molecule is COc1ccc2c(-c3ccccc3)cc(=O)n(CCN3CCC(N(Cc4ccc5c(c4)OCCO5)C(=O)O)CC3)c2c1. The minimum Gasteiger partial charge on any atom is -0.497 e. The first-order chi connectivity index (χ1) is 20.5. The standard InChI is InChI=1S/C33H35N3O6/c1-40-26-8-9-27-28(24-5-3-2-4-6-24)21-32(37)35(29(27)20-26)16-15-34-13-11-25(12-14-34)36(33(38)39)22-23-7-10-30-31(19-23)42-18-17-41-30/h2-10,19-21,25H,11-18,22H2,1H3,(H,38,39). The van der Waals surface area contributed by atoms with Gasteiger partial charge in [0.15, 0.2) is 11.5 Å². The number of piperidine rings is 1. The van der Waals surface area contributed by atoms with Gasteiger partial charge in [-0.1, -0.05) is 36.4 Å². The zero-order chi connectivity index (χ0) is 29.1. The van der Waals surface area contributed by atoms with Crippen LogP contribution in [0.5, 0.6) is 17.2 Å². The van der Waals surface area contributed by atoms with Crippen molar-refractivity contribution in [2.24, 2.45) is 0 Å². The fourth-order valence-corrected chi connectivity index (χ4v) is 6.01. The summed E-state index contributed by atoms with van der Waals surface area (Å²) in [6.07, 6.45) is 0.536. The lowest BCUT2D eigenvalue weighted by molar-refractivity contribution is 0.0856. The highest BCUT2D eigenvalue weighted by molar-refractivity contribution is 5.95. The first-order valence-corrected chi connectivity index (χ1v) is 14.4. The van der Waals surface area contributed by atoms with E-state index >= 15 is 0 Å². The number of pyridine rings is 1.